The number of pyridine rings is 1. The fourth-order valence-electron chi connectivity index (χ4n) is 2.12. The zero-order valence-electron chi connectivity index (χ0n) is 10.2. The van der Waals surface area contributed by atoms with Crippen LogP contribution in [0.25, 0.3) is 0 Å². The molecule has 1 aliphatic heterocycles. The van der Waals surface area contributed by atoms with Gasteiger partial charge in [0.15, 0.2) is 0 Å². The van der Waals surface area contributed by atoms with Gasteiger partial charge in [-0.3, -0.25) is 0 Å². The van der Waals surface area contributed by atoms with Crippen molar-refractivity contribution in [1.82, 2.24) is 4.98 Å². The SMILES string of the molecule is CN(CC1CCCOC1)c1ccc(N)c(N)n1. The molecule has 0 amide bonds. The van der Waals surface area contributed by atoms with Crippen molar-refractivity contribution in [3.05, 3.63) is 12.1 Å². The summed E-state index contributed by atoms with van der Waals surface area (Å²) in [4.78, 5) is 6.38. The molecular formula is C12H20N4O. The standard InChI is InChI=1S/C12H20N4O/c1-16(7-9-3-2-6-17-8-9)11-5-4-10(13)12(14)15-11/h4-5,9H,2-3,6-8,13H2,1H3,(H2,14,15). The maximum atomic E-state index is 5.70. The second-order valence-corrected chi connectivity index (χ2v) is 4.61. The Morgan fingerprint density at radius 2 is 2.29 bits per heavy atom. The highest BCUT2D eigenvalue weighted by Crippen LogP contribution is 2.20. The topological polar surface area (TPSA) is 77.4 Å². The number of rotatable bonds is 3. The molecule has 5 heteroatoms. The summed E-state index contributed by atoms with van der Waals surface area (Å²) in [6.45, 7) is 2.68. The molecule has 0 bridgehead atoms. The van der Waals surface area contributed by atoms with Gasteiger partial charge in [0.05, 0.1) is 12.3 Å². The number of aromatic nitrogens is 1. The van der Waals surface area contributed by atoms with Crippen molar-refractivity contribution in [3.8, 4) is 0 Å². The Morgan fingerprint density at radius 3 is 2.94 bits per heavy atom. The van der Waals surface area contributed by atoms with E-state index in [1.165, 1.54) is 6.42 Å². The van der Waals surface area contributed by atoms with Crippen molar-refractivity contribution in [1.29, 1.82) is 0 Å². The smallest absolute Gasteiger partial charge is 0.149 e. The molecule has 0 radical (unpaired) electrons. The molecule has 1 unspecified atom stereocenters. The van der Waals surface area contributed by atoms with Gasteiger partial charge in [0.1, 0.15) is 11.6 Å². The lowest BCUT2D eigenvalue weighted by Gasteiger charge is -2.27. The quantitative estimate of drug-likeness (QED) is 0.822. The molecule has 1 saturated heterocycles. The number of hydrogen-bond acceptors (Lipinski definition) is 5. The van der Waals surface area contributed by atoms with Crippen molar-refractivity contribution in [2.24, 2.45) is 5.92 Å². The lowest BCUT2D eigenvalue weighted by atomic mass is 10.0. The van der Waals surface area contributed by atoms with E-state index in [0.717, 1.165) is 32.0 Å². The van der Waals surface area contributed by atoms with E-state index in [1.807, 2.05) is 13.1 Å². The molecule has 0 saturated carbocycles. The van der Waals surface area contributed by atoms with E-state index in [1.54, 1.807) is 6.07 Å². The summed E-state index contributed by atoms with van der Waals surface area (Å²) >= 11 is 0. The summed E-state index contributed by atoms with van der Waals surface area (Å²) in [7, 11) is 2.02. The minimum Gasteiger partial charge on any atom is -0.396 e. The van der Waals surface area contributed by atoms with Crippen LogP contribution in [0.2, 0.25) is 0 Å². The van der Waals surface area contributed by atoms with Crippen molar-refractivity contribution in [2.75, 3.05) is 43.2 Å². The Hall–Kier alpha value is -1.49. The van der Waals surface area contributed by atoms with Crippen LogP contribution in [-0.4, -0.2) is 31.8 Å². The van der Waals surface area contributed by atoms with Crippen LogP contribution >= 0.6 is 0 Å². The highest BCUT2D eigenvalue weighted by atomic mass is 16.5. The number of ether oxygens (including phenoxy) is 1. The highest BCUT2D eigenvalue weighted by molar-refractivity contribution is 5.62. The van der Waals surface area contributed by atoms with Gasteiger partial charge in [-0.1, -0.05) is 0 Å². The highest BCUT2D eigenvalue weighted by Gasteiger charge is 2.16. The van der Waals surface area contributed by atoms with Gasteiger partial charge in [-0.05, 0) is 30.9 Å². The van der Waals surface area contributed by atoms with Gasteiger partial charge in [-0.2, -0.15) is 0 Å². The molecule has 1 aliphatic rings. The zero-order chi connectivity index (χ0) is 12.3. The number of nitrogens with two attached hydrogens (primary N) is 2. The Bertz CT molecular complexity index is 377. The third-order valence-electron chi connectivity index (χ3n) is 3.12. The van der Waals surface area contributed by atoms with Crippen LogP contribution in [0.15, 0.2) is 12.1 Å². The largest absolute Gasteiger partial charge is 0.396 e. The molecule has 17 heavy (non-hydrogen) atoms. The van der Waals surface area contributed by atoms with Crippen molar-refractivity contribution in [2.45, 2.75) is 12.8 Å². The van der Waals surface area contributed by atoms with Crippen LogP contribution in [0.3, 0.4) is 0 Å². The van der Waals surface area contributed by atoms with Crippen LogP contribution in [-0.2, 0) is 4.74 Å². The number of hydrogen-bond donors (Lipinski definition) is 2. The third kappa shape index (κ3) is 3.00. The lowest BCUT2D eigenvalue weighted by molar-refractivity contribution is 0.0576. The van der Waals surface area contributed by atoms with Crippen LogP contribution < -0.4 is 16.4 Å². The summed E-state index contributed by atoms with van der Waals surface area (Å²) in [6.07, 6.45) is 2.37. The van der Waals surface area contributed by atoms with Crippen molar-refractivity contribution in [3.63, 3.8) is 0 Å². The fourth-order valence-corrected chi connectivity index (χ4v) is 2.12. The average molecular weight is 236 g/mol. The Morgan fingerprint density at radius 1 is 1.47 bits per heavy atom. The van der Waals surface area contributed by atoms with E-state index >= 15 is 0 Å². The van der Waals surface area contributed by atoms with Gasteiger partial charge < -0.3 is 21.1 Å². The first-order chi connectivity index (χ1) is 8.16. The number of nitrogen functional groups attached to an aromatic ring is 2. The lowest BCUT2D eigenvalue weighted by Crippen LogP contribution is -2.31. The van der Waals surface area contributed by atoms with Gasteiger partial charge in [0, 0.05) is 20.2 Å². The second kappa shape index (κ2) is 5.23. The normalized spacial score (nSPS) is 20.2. The third-order valence-corrected chi connectivity index (χ3v) is 3.12. The summed E-state index contributed by atoms with van der Waals surface area (Å²) in [5, 5.41) is 0. The van der Waals surface area contributed by atoms with E-state index < -0.39 is 0 Å². The van der Waals surface area contributed by atoms with E-state index in [2.05, 4.69) is 9.88 Å². The molecule has 94 valence electrons. The van der Waals surface area contributed by atoms with Crippen LogP contribution in [0.4, 0.5) is 17.3 Å². The molecule has 1 aromatic rings. The molecule has 0 spiro atoms. The van der Waals surface area contributed by atoms with Crippen LogP contribution in [0, 0.1) is 5.92 Å². The minimum absolute atomic E-state index is 0.397. The molecule has 0 aliphatic carbocycles. The predicted molar refractivity (Wildman–Crippen MR) is 69.9 cm³/mol. The Balaban J connectivity index is 1.98. The van der Waals surface area contributed by atoms with Gasteiger partial charge in [0.2, 0.25) is 0 Å². The molecule has 0 aromatic carbocycles. The summed E-state index contributed by atoms with van der Waals surface area (Å²) in [5.41, 5.74) is 11.9. The Kier molecular flexibility index (Phi) is 3.68. The first kappa shape index (κ1) is 12.0. The van der Waals surface area contributed by atoms with Gasteiger partial charge in [0.25, 0.3) is 0 Å². The Labute approximate surface area is 102 Å². The maximum absolute atomic E-state index is 5.70. The summed E-state index contributed by atoms with van der Waals surface area (Å²) < 4.78 is 5.47. The molecule has 2 heterocycles. The monoisotopic (exact) mass is 236 g/mol. The maximum Gasteiger partial charge on any atom is 0.149 e. The van der Waals surface area contributed by atoms with Crippen molar-refractivity contribution >= 4 is 17.3 Å². The first-order valence-corrected chi connectivity index (χ1v) is 5.97. The van der Waals surface area contributed by atoms with Gasteiger partial charge in [-0.25, -0.2) is 4.98 Å². The fraction of sp³-hybridized carbons (Fsp3) is 0.583. The molecule has 4 N–H and O–H groups in total. The number of anilines is 3. The van der Waals surface area contributed by atoms with E-state index in [-0.39, 0.29) is 0 Å². The second-order valence-electron chi connectivity index (χ2n) is 4.61. The van der Waals surface area contributed by atoms with Gasteiger partial charge >= 0.3 is 0 Å². The molecule has 2 rings (SSSR count). The average Bonchev–Trinajstić information content (AvgIpc) is 2.34. The van der Waals surface area contributed by atoms with E-state index in [9.17, 15) is 0 Å². The summed E-state index contributed by atoms with van der Waals surface area (Å²) in [5.74, 6) is 1.84. The summed E-state index contributed by atoms with van der Waals surface area (Å²) in [6, 6.07) is 3.70. The first-order valence-electron chi connectivity index (χ1n) is 5.97. The van der Waals surface area contributed by atoms with Crippen molar-refractivity contribution < 1.29 is 4.74 Å². The zero-order valence-corrected chi connectivity index (χ0v) is 10.2. The van der Waals surface area contributed by atoms with Gasteiger partial charge in [-0.15, -0.1) is 0 Å². The minimum atomic E-state index is 0.397. The molecular weight excluding hydrogens is 216 g/mol. The predicted octanol–water partition coefficient (Wildman–Crippen LogP) is 1.11. The van der Waals surface area contributed by atoms with E-state index in [4.69, 9.17) is 16.2 Å². The van der Waals surface area contributed by atoms with Crippen LogP contribution in [0.5, 0.6) is 0 Å². The molecule has 1 atom stereocenters. The number of nitrogens with zero attached hydrogens (tertiary/aromatic N) is 2. The van der Waals surface area contributed by atoms with E-state index in [0.29, 0.717) is 17.4 Å². The molecule has 5 nitrogen and oxygen atoms in total. The molecule has 1 fully saturated rings. The molecule has 1 aromatic heterocycles. The van der Waals surface area contributed by atoms with Crippen LogP contribution in [0.1, 0.15) is 12.8 Å².